The summed E-state index contributed by atoms with van der Waals surface area (Å²) in [6.45, 7) is 4.34. The number of nitrogens with one attached hydrogen (secondary N) is 2. The number of rotatable bonds is 7. The van der Waals surface area contributed by atoms with Crippen molar-refractivity contribution in [3.63, 3.8) is 0 Å². The van der Waals surface area contributed by atoms with Crippen molar-refractivity contribution in [1.82, 2.24) is 5.32 Å². The molecule has 0 aliphatic heterocycles. The van der Waals surface area contributed by atoms with Gasteiger partial charge in [-0.25, -0.2) is 0 Å². The van der Waals surface area contributed by atoms with Gasteiger partial charge in [-0.1, -0.05) is 44.2 Å². The Labute approximate surface area is 149 Å². The molecular weight excluding hydrogens is 320 g/mol. The molecule has 2 nitrogen and oxygen atoms in total. The van der Waals surface area contributed by atoms with Gasteiger partial charge in [0.05, 0.1) is 0 Å². The number of hydrogen-bond acceptors (Lipinski definition) is 2. The smallest absolute Gasteiger partial charge is 0.170 e. The van der Waals surface area contributed by atoms with E-state index < -0.39 is 0 Å². The van der Waals surface area contributed by atoms with Gasteiger partial charge in [-0.05, 0) is 54.9 Å². The number of benzene rings is 2. The highest BCUT2D eigenvalue weighted by Gasteiger charge is 2.05. The van der Waals surface area contributed by atoms with Crippen molar-refractivity contribution in [2.45, 2.75) is 43.4 Å². The Bertz CT molecular complexity index is 593. The Hall–Kier alpha value is -1.52. The van der Waals surface area contributed by atoms with E-state index >= 15 is 0 Å². The van der Waals surface area contributed by atoms with E-state index in [1.54, 1.807) is 0 Å². The SMILES string of the molecule is CCC(CC)NC(=S)Nc1ccc(CSc2ccccc2)cc1. The van der Waals surface area contributed by atoms with E-state index in [0.29, 0.717) is 11.2 Å². The summed E-state index contributed by atoms with van der Waals surface area (Å²) in [7, 11) is 0. The summed E-state index contributed by atoms with van der Waals surface area (Å²) >= 11 is 7.22. The van der Waals surface area contributed by atoms with Crippen molar-refractivity contribution < 1.29 is 0 Å². The Balaban J connectivity index is 1.83. The van der Waals surface area contributed by atoms with Crippen molar-refractivity contribution in [3.05, 3.63) is 60.2 Å². The number of thiocarbonyl (C=S) groups is 1. The summed E-state index contributed by atoms with van der Waals surface area (Å²) in [6, 6.07) is 19.4. The summed E-state index contributed by atoms with van der Waals surface area (Å²) < 4.78 is 0. The molecule has 0 spiro atoms. The van der Waals surface area contributed by atoms with Gasteiger partial charge in [0.15, 0.2) is 5.11 Å². The molecule has 0 radical (unpaired) electrons. The number of anilines is 1. The molecular formula is C19H24N2S2. The molecule has 4 heteroatoms. The first kappa shape index (κ1) is 17.8. The second-order valence-electron chi connectivity index (χ2n) is 5.41. The van der Waals surface area contributed by atoms with E-state index in [4.69, 9.17) is 12.2 Å². The molecule has 0 atom stereocenters. The van der Waals surface area contributed by atoms with Gasteiger partial charge in [0.25, 0.3) is 0 Å². The Morgan fingerprint density at radius 3 is 2.26 bits per heavy atom. The van der Waals surface area contributed by atoms with Gasteiger partial charge in [-0.3, -0.25) is 0 Å². The fourth-order valence-corrected chi connectivity index (χ4v) is 3.37. The molecule has 0 aliphatic rings. The molecule has 0 aliphatic carbocycles. The molecule has 2 aromatic carbocycles. The minimum Gasteiger partial charge on any atom is -0.360 e. The highest BCUT2D eigenvalue weighted by atomic mass is 32.2. The van der Waals surface area contributed by atoms with Gasteiger partial charge in [0.1, 0.15) is 0 Å². The van der Waals surface area contributed by atoms with Crippen LogP contribution >= 0.6 is 24.0 Å². The quantitative estimate of drug-likeness (QED) is 0.515. The predicted molar refractivity (Wildman–Crippen MR) is 106 cm³/mol. The van der Waals surface area contributed by atoms with Crippen LogP contribution in [0.2, 0.25) is 0 Å². The summed E-state index contributed by atoms with van der Waals surface area (Å²) in [5.74, 6) is 0.973. The van der Waals surface area contributed by atoms with Crippen LogP contribution in [0.5, 0.6) is 0 Å². The van der Waals surface area contributed by atoms with E-state index in [0.717, 1.165) is 24.3 Å². The van der Waals surface area contributed by atoms with Crippen LogP contribution in [0, 0.1) is 0 Å². The summed E-state index contributed by atoms with van der Waals surface area (Å²) in [4.78, 5) is 1.30. The Morgan fingerprint density at radius 2 is 1.65 bits per heavy atom. The lowest BCUT2D eigenvalue weighted by Crippen LogP contribution is -2.36. The fraction of sp³-hybridized carbons (Fsp3) is 0.316. The molecule has 0 heterocycles. The molecule has 2 aromatic rings. The lowest BCUT2D eigenvalue weighted by Gasteiger charge is -2.18. The van der Waals surface area contributed by atoms with Crippen LogP contribution in [0.25, 0.3) is 0 Å². The monoisotopic (exact) mass is 344 g/mol. The van der Waals surface area contributed by atoms with Gasteiger partial charge in [-0.2, -0.15) is 0 Å². The van der Waals surface area contributed by atoms with Crippen molar-refractivity contribution in [3.8, 4) is 0 Å². The third-order valence-corrected chi connectivity index (χ3v) is 4.98. The normalized spacial score (nSPS) is 10.6. The maximum Gasteiger partial charge on any atom is 0.170 e. The zero-order valence-electron chi connectivity index (χ0n) is 13.7. The van der Waals surface area contributed by atoms with Gasteiger partial charge in [0.2, 0.25) is 0 Å². The maximum atomic E-state index is 5.37. The van der Waals surface area contributed by atoms with Crippen LogP contribution in [0.1, 0.15) is 32.3 Å². The van der Waals surface area contributed by atoms with Crippen LogP contribution in [-0.4, -0.2) is 11.2 Å². The molecule has 2 N–H and O–H groups in total. The third-order valence-electron chi connectivity index (χ3n) is 3.68. The highest BCUT2D eigenvalue weighted by molar-refractivity contribution is 7.98. The molecule has 0 bridgehead atoms. The Morgan fingerprint density at radius 1 is 1.00 bits per heavy atom. The molecule has 2 rings (SSSR count). The van der Waals surface area contributed by atoms with Gasteiger partial charge in [-0.15, -0.1) is 11.8 Å². The highest BCUT2D eigenvalue weighted by Crippen LogP contribution is 2.23. The molecule has 0 unspecified atom stereocenters. The predicted octanol–water partition coefficient (Wildman–Crippen LogP) is 5.45. The minimum absolute atomic E-state index is 0.441. The van der Waals surface area contributed by atoms with E-state index in [1.807, 2.05) is 17.8 Å². The lowest BCUT2D eigenvalue weighted by atomic mass is 10.2. The van der Waals surface area contributed by atoms with E-state index in [-0.39, 0.29) is 0 Å². The summed E-state index contributed by atoms with van der Waals surface area (Å²) in [6.07, 6.45) is 2.15. The van der Waals surface area contributed by atoms with Gasteiger partial charge < -0.3 is 10.6 Å². The minimum atomic E-state index is 0.441. The average molecular weight is 345 g/mol. The van der Waals surface area contributed by atoms with Crippen molar-refractivity contribution in [1.29, 1.82) is 0 Å². The molecule has 0 amide bonds. The standard InChI is InChI=1S/C19H24N2S2/c1-3-16(4-2)20-19(22)21-17-12-10-15(11-13-17)14-23-18-8-6-5-7-9-18/h5-13,16H,3-4,14H2,1-2H3,(H2,20,21,22). The average Bonchev–Trinajstić information content (AvgIpc) is 2.60. The topological polar surface area (TPSA) is 24.1 Å². The van der Waals surface area contributed by atoms with Crippen molar-refractivity contribution in [2.75, 3.05) is 5.32 Å². The molecule has 122 valence electrons. The lowest BCUT2D eigenvalue weighted by molar-refractivity contribution is 0.573. The van der Waals surface area contributed by atoms with Gasteiger partial charge in [0, 0.05) is 22.4 Å². The number of thioether (sulfide) groups is 1. The van der Waals surface area contributed by atoms with E-state index in [9.17, 15) is 0 Å². The zero-order valence-corrected chi connectivity index (χ0v) is 15.3. The molecule has 0 saturated carbocycles. The van der Waals surface area contributed by atoms with Crippen molar-refractivity contribution in [2.24, 2.45) is 0 Å². The van der Waals surface area contributed by atoms with E-state index in [1.165, 1.54) is 10.5 Å². The molecule has 0 aromatic heterocycles. The molecule has 23 heavy (non-hydrogen) atoms. The first-order chi connectivity index (χ1) is 11.2. The number of hydrogen-bond donors (Lipinski definition) is 2. The van der Waals surface area contributed by atoms with Crippen LogP contribution in [0.4, 0.5) is 5.69 Å². The second-order valence-corrected chi connectivity index (χ2v) is 6.87. The second kappa shape index (κ2) is 9.58. The van der Waals surface area contributed by atoms with Gasteiger partial charge >= 0.3 is 0 Å². The molecule has 0 fully saturated rings. The Kier molecular flexibility index (Phi) is 7.43. The third kappa shape index (κ3) is 6.24. The first-order valence-electron chi connectivity index (χ1n) is 8.05. The first-order valence-corrected chi connectivity index (χ1v) is 9.45. The molecule has 0 saturated heterocycles. The van der Waals surface area contributed by atoms with Crippen molar-refractivity contribution >= 4 is 34.8 Å². The van der Waals surface area contributed by atoms with E-state index in [2.05, 4.69) is 73.0 Å². The summed E-state index contributed by atoms with van der Waals surface area (Å²) in [5.41, 5.74) is 2.34. The largest absolute Gasteiger partial charge is 0.360 e. The van der Waals surface area contributed by atoms with Crippen LogP contribution < -0.4 is 10.6 Å². The maximum absolute atomic E-state index is 5.37. The van der Waals surface area contributed by atoms with Crippen LogP contribution in [0.15, 0.2) is 59.5 Å². The van der Waals surface area contributed by atoms with Crippen LogP contribution in [0.3, 0.4) is 0 Å². The fourth-order valence-electron chi connectivity index (χ4n) is 2.21. The summed E-state index contributed by atoms with van der Waals surface area (Å²) in [5, 5.41) is 7.30. The van der Waals surface area contributed by atoms with Crippen LogP contribution in [-0.2, 0) is 5.75 Å². The zero-order chi connectivity index (χ0) is 16.5.